The number of fused-ring (bicyclic) bond motifs is 8. The highest BCUT2D eigenvalue weighted by Gasteiger charge is 2.23. The first-order valence-corrected chi connectivity index (χ1v) is 20.1. The minimum atomic E-state index is -0.443. The van der Waals surface area contributed by atoms with E-state index in [9.17, 15) is 4.79 Å². The number of rotatable bonds is 5. The van der Waals surface area contributed by atoms with Crippen LogP contribution < -0.4 is 0 Å². The van der Waals surface area contributed by atoms with Crippen molar-refractivity contribution in [2.45, 2.75) is 0 Å². The summed E-state index contributed by atoms with van der Waals surface area (Å²) in [5.41, 5.74) is 10.9. The Bertz CT molecular complexity index is 2980. The highest BCUT2D eigenvalue weighted by atomic mass is 35.5. The number of nitrogens with one attached hydrogen (secondary N) is 2. The highest BCUT2D eigenvalue weighted by molar-refractivity contribution is 6.41. The average molecular weight is 879 g/mol. The van der Waals surface area contributed by atoms with Crippen molar-refractivity contribution in [2.75, 3.05) is 7.11 Å². The number of aromatic amines is 2. The van der Waals surface area contributed by atoms with E-state index in [4.69, 9.17) is 84.3 Å². The van der Waals surface area contributed by atoms with Gasteiger partial charge in [0.15, 0.2) is 0 Å². The van der Waals surface area contributed by atoms with Crippen LogP contribution in [0.3, 0.4) is 0 Å². The number of esters is 1. The average Bonchev–Trinajstić information content (AvgIpc) is 4.05. The molecule has 5 heterocycles. The minimum Gasteiger partial charge on any atom is -0.465 e. The predicted molar refractivity (Wildman–Crippen MR) is 242 cm³/mol. The van der Waals surface area contributed by atoms with Crippen LogP contribution in [0, 0.1) is 0 Å². The largest absolute Gasteiger partial charge is 0.465 e. The number of H-pyrrole nitrogens is 2. The molecular formula is C46H26Cl6N4O2. The SMILES string of the molecule is COC(=O)c1ccc(-c2c3nc(c(-c4c(Cl)cccc4Cl)c4ccc([nH]4)c(-c4c(Cl)cccc4Cl)c4nc(c(-c5c(Cl)cccc5Cl)c5ccc2[nH]5)C=C4)C=C3)cc1. The van der Waals surface area contributed by atoms with E-state index in [1.807, 2.05) is 60.7 Å². The second kappa shape index (κ2) is 15.5. The van der Waals surface area contributed by atoms with Crippen molar-refractivity contribution >= 4 is 122 Å². The molecule has 9 rings (SSSR count). The van der Waals surface area contributed by atoms with Crippen LogP contribution in [0.5, 0.6) is 0 Å². The summed E-state index contributed by atoms with van der Waals surface area (Å²) in [6.45, 7) is 0. The molecule has 2 aliphatic heterocycles. The number of ether oxygens (including phenoxy) is 1. The van der Waals surface area contributed by atoms with Crippen LogP contribution in [0.4, 0.5) is 0 Å². The Morgan fingerprint density at radius 1 is 0.431 bits per heavy atom. The van der Waals surface area contributed by atoms with Gasteiger partial charge in [0.2, 0.25) is 0 Å². The van der Waals surface area contributed by atoms with E-state index in [1.54, 1.807) is 66.7 Å². The summed E-state index contributed by atoms with van der Waals surface area (Å²) in [6, 6.07) is 31.1. The van der Waals surface area contributed by atoms with E-state index < -0.39 is 5.97 Å². The van der Waals surface area contributed by atoms with E-state index in [-0.39, 0.29) is 0 Å². The molecular weight excluding hydrogens is 853 g/mol. The van der Waals surface area contributed by atoms with Gasteiger partial charge in [-0.05, 0) is 103 Å². The molecule has 58 heavy (non-hydrogen) atoms. The number of carbonyl (C=O) groups is 1. The Labute approximate surface area is 362 Å². The van der Waals surface area contributed by atoms with Gasteiger partial charge in [-0.15, -0.1) is 0 Å². The smallest absolute Gasteiger partial charge is 0.337 e. The van der Waals surface area contributed by atoms with Gasteiger partial charge in [-0.3, -0.25) is 0 Å². The zero-order chi connectivity index (χ0) is 40.2. The van der Waals surface area contributed by atoms with E-state index in [2.05, 4.69) is 9.97 Å². The van der Waals surface area contributed by atoms with Crippen molar-refractivity contribution in [3.8, 4) is 44.5 Å². The van der Waals surface area contributed by atoms with E-state index in [0.29, 0.717) is 108 Å². The van der Waals surface area contributed by atoms with Gasteiger partial charge >= 0.3 is 5.97 Å². The van der Waals surface area contributed by atoms with Gasteiger partial charge in [-0.1, -0.05) is 99.9 Å². The topological polar surface area (TPSA) is 83.7 Å². The summed E-state index contributed by atoms with van der Waals surface area (Å²) in [5, 5.41) is 2.64. The van der Waals surface area contributed by atoms with E-state index in [1.165, 1.54) is 7.11 Å². The lowest BCUT2D eigenvalue weighted by Gasteiger charge is -2.11. The van der Waals surface area contributed by atoms with Crippen molar-refractivity contribution in [1.82, 2.24) is 19.9 Å². The molecule has 3 aromatic heterocycles. The maximum absolute atomic E-state index is 12.4. The third-order valence-corrected chi connectivity index (χ3v) is 11.9. The number of halogens is 6. The van der Waals surface area contributed by atoms with Crippen molar-refractivity contribution < 1.29 is 9.53 Å². The predicted octanol–water partition coefficient (Wildman–Crippen LogP) is 15.0. The maximum atomic E-state index is 12.4. The quantitative estimate of drug-likeness (QED) is 0.169. The number of hydrogen-bond acceptors (Lipinski definition) is 4. The number of methoxy groups -OCH3 is 1. The maximum Gasteiger partial charge on any atom is 0.337 e. The van der Waals surface area contributed by atoms with Crippen LogP contribution in [-0.4, -0.2) is 33.0 Å². The molecule has 0 radical (unpaired) electrons. The summed E-state index contributed by atoms with van der Waals surface area (Å²) < 4.78 is 4.98. The summed E-state index contributed by atoms with van der Waals surface area (Å²) in [5.74, 6) is -0.443. The van der Waals surface area contributed by atoms with Crippen LogP contribution in [0.1, 0.15) is 33.1 Å². The van der Waals surface area contributed by atoms with Crippen molar-refractivity contribution in [2.24, 2.45) is 0 Å². The fourth-order valence-corrected chi connectivity index (χ4v) is 9.16. The van der Waals surface area contributed by atoms with Gasteiger partial charge in [-0.2, -0.15) is 0 Å². The highest BCUT2D eigenvalue weighted by Crippen LogP contribution is 2.45. The normalized spacial score (nSPS) is 12.0. The van der Waals surface area contributed by atoms with Gasteiger partial charge in [0.05, 0.1) is 65.6 Å². The first-order chi connectivity index (χ1) is 28.1. The third kappa shape index (κ3) is 6.70. The van der Waals surface area contributed by atoms with Gasteiger partial charge in [0.1, 0.15) is 0 Å². The third-order valence-electron chi connectivity index (χ3n) is 9.99. The lowest BCUT2D eigenvalue weighted by Crippen LogP contribution is -2.00. The Kier molecular flexibility index (Phi) is 10.2. The number of nitrogens with zero attached hydrogens (tertiary/aromatic N) is 2. The number of aromatic nitrogens is 4. The minimum absolute atomic E-state index is 0.409. The molecule has 2 N–H and O–H groups in total. The van der Waals surface area contributed by atoms with E-state index >= 15 is 0 Å². The van der Waals surface area contributed by atoms with Crippen LogP contribution >= 0.6 is 69.6 Å². The molecule has 6 nitrogen and oxygen atoms in total. The molecule has 0 atom stereocenters. The van der Waals surface area contributed by atoms with Crippen LogP contribution in [-0.2, 0) is 4.74 Å². The van der Waals surface area contributed by atoms with Crippen molar-refractivity contribution in [1.29, 1.82) is 0 Å². The molecule has 0 saturated heterocycles. The number of benzene rings is 4. The fourth-order valence-electron chi connectivity index (χ4n) is 7.40. The Hall–Kier alpha value is -5.31. The Balaban J connectivity index is 1.50. The van der Waals surface area contributed by atoms with Gasteiger partial charge in [0.25, 0.3) is 0 Å². The van der Waals surface area contributed by atoms with E-state index in [0.717, 1.165) is 16.6 Å². The number of carbonyl (C=O) groups excluding carboxylic acids is 1. The molecule has 0 aliphatic carbocycles. The standard InChI is InChI=1S/C46H26Cl6N4O2/c1-58-46(57)24-13-11-23(12-14-24)39-31-15-17-33(53-31)43(40-25(47)5-2-6-26(40)48)35-19-21-37(55-35)45(42-29(51)9-4-10-30(42)52)38-22-20-36(56-38)44(34-18-16-32(39)54-34)41-27(49)7-3-8-28(41)50/h2-22,53,56H,1H3. The molecule has 0 spiro atoms. The molecule has 2 aliphatic rings. The van der Waals surface area contributed by atoms with Gasteiger partial charge < -0.3 is 14.7 Å². The lowest BCUT2D eigenvalue weighted by molar-refractivity contribution is 0.0600. The molecule has 0 saturated carbocycles. The zero-order valence-electron chi connectivity index (χ0n) is 30.1. The molecule has 7 aromatic rings. The van der Waals surface area contributed by atoms with Crippen LogP contribution in [0.15, 0.2) is 103 Å². The Morgan fingerprint density at radius 3 is 1.07 bits per heavy atom. The molecule has 0 unspecified atom stereocenters. The van der Waals surface area contributed by atoms with Crippen LogP contribution in [0.25, 0.3) is 90.9 Å². The molecule has 284 valence electrons. The lowest BCUT2D eigenvalue weighted by atomic mass is 10.0. The second-order valence-corrected chi connectivity index (χ2v) is 15.8. The van der Waals surface area contributed by atoms with Crippen LogP contribution in [0.2, 0.25) is 30.1 Å². The molecule has 12 heteroatoms. The first kappa shape index (κ1) is 38.2. The van der Waals surface area contributed by atoms with Crippen molar-refractivity contribution in [3.63, 3.8) is 0 Å². The first-order valence-electron chi connectivity index (χ1n) is 17.8. The molecule has 8 bridgehead atoms. The van der Waals surface area contributed by atoms with Gasteiger partial charge in [0, 0.05) is 61.0 Å². The van der Waals surface area contributed by atoms with Gasteiger partial charge in [-0.25, -0.2) is 14.8 Å². The zero-order valence-corrected chi connectivity index (χ0v) is 34.6. The summed E-state index contributed by atoms with van der Waals surface area (Å²) in [7, 11) is 1.35. The summed E-state index contributed by atoms with van der Waals surface area (Å²) in [6.07, 6.45) is 7.70. The van der Waals surface area contributed by atoms with Crippen molar-refractivity contribution in [3.05, 3.63) is 162 Å². The molecule has 0 fully saturated rings. The summed E-state index contributed by atoms with van der Waals surface area (Å²) >= 11 is 41.7. The Morgan fingerprint density at radius 2 is 0.741 bits per heavy atom. The monoisotopic (exact) mass is 876 g/mol. The fraction of sp³-hybridized carbons (Fsp3) is 0.0217. The molecule has 4 aromatic carbocycles. The number of hydrogen-bond donors (Lipinski definition) is 2. The second-order valence-electron chi connectivity index (χ2n) is 13.4. The molecule has 0 amide bonds. The summed E-state index contributed by atoms with van der Waals surface area (Å²) in [4.78, 5) is 30.2.